The molecule has 4 nitrogen and oxygen atoms in total. The second kappa shape index (κ2) is 4.05. The molecule has 1 aliphatic heterocycles. The summed E-state index contributed by atoms with van der Waals surface area (Å²) in [6.07, 6.45) is 7.62. The number of hydrogen-bond donors (Lipinski definition) is 1. The van der Waals surface area contributed by atoms with Crippen molar-refractivity contribution < 1.29 is 14.7 Å². The summed E-state index contributed by atoms with van der Waals surface area (Å²) < 4.78 is 0. The van der Waals surface area contributed by atoms with Crippen LogP contribution < -0.4 is 0 Å². The summed E-state index contributed by atoms with van der Waals surface area (Å²) in [5.41, 5.74) is -1.21. The Labute approximate surface area is 107 Å². The Balaban J connectivity index is 1.76. The van der Waals surface area contributed by atoms with Crippen LogP contribution in [-0.4, -0.2) is 34.0 Å². The van der Waals surface area contributed by atoms with Crippen molar-refractivity contribution in [2.24, 2.45) is 5.41 Å². The average molecular weight is 251 g/mol. The van der Waals surface area contributed by atoms with Crippen LogP contribution in [-0.2, 0) is 9.59 Å². The zero-order valence-corrected chi connectivity index (χ0v) is 10.8. The maximum absolute atomic E-state index is 12.5. The van der Waals surface area contributed by atoms with E-state index in [0.717, 1.165) is 51.4 Å². The number of hydrogen-bond acceptors (Lipinski definition) is 3. The summed E-state index contributed by atoms with van der Waals surface area (Å²) in [5.74, 6) is -0.0763. The molecule has 18 heavy (non-hydrogen) atoms. The molecule has 4 heteroatoms. The number of nitrogens with zero attached hydrogens (tertiary/aromatic N) is 1. The van der Waals surface area contributed by atoms with Gasteiger partial charge in [0.25, 0.3) is 0 Å². The fourth-order valence-electron chi connectivity index (χ4n) is 3.95. The van der Waals surface area contributed by atoms with Crippen LogP contribution >= 0.6 is 0 Å². The van der Waals surface area contributed by atoms with Gasteiger partial charge in [0.05, 0.1) is 17.6 Å². The minimum absolute atomic E-state index is 0.00896. The van der Waals surface area contributed by atoms with Gasteiger partial charge in [0, 0.05) is 6.42 Å². The van der Waals surface area contributed by atoms with Crippen molar-refractivity contribution in [2.45, 2.75) is 63.4 Å². The van der Waals surface area contributed by atoms with Crippen LogP contribution in [0.1, 0.15) is 57.8 Å². The maximum atomic E-state index is 12.5. The number of rotatable bonds is 2. The molecule has 0 unspecified atom stereocenters. The predicted molar refractivity (Wildman–Crippen MR) is 65.7 cm³/mol. The lowest BCUT2D eigenvalue weighted by molar-refractivity contribution is -0.145. The fourth-order valence-corrected chi connectivity index (χ4v) is 3.95. The molecule has 1 saturated heterocycles. The summed E-state index contributed by atoms with van der Waals surface area (Å²) >= 11 is 0. The fraction of sp³-hybridized carbons (Fsp3) is 0.857. The van der Waals surface area contributed by atoms with Crippen molar-refractivity contribution in [2.75, 3.05) is 6.54 Å². The quantitative estimate of drug-likeness (QED) is 0.759. The van der Waals surface area contributed by atoms with E-state index in [1.54, 1.807) is 0 Å². The third-order valence-electron chi connectivity index (χ3n) is 5.04. The van der Waals surface area contributed by atoms with E-state index in [0.29, 0.717) is 6.42 Å². The van der Waals surface area contributed by atoms with Crippen molar-refractivity contribution in [3.05, 3.63) is 0 Å². The summed E-state index contributed by atoms with van der Waals surface area (Å²) in [4.78, 5) is 25.9. The SMILES string of the molecule is O=C1CC2(CCCC2)C(=O)N1CC1(O)CCCC1. The van der Waals surface area contributed by atoms with E-state index in [1.807, 2.05) is 0 Å². The molecule has 2 saturated carbocycles. The number of amides is 2. The van der Waals surface area contributed by atoms with Gasteiger partial charge < -0.3 is 5.11 Å². The topological polar surface area (TPSA) is 57.6 Å². The van der Waals surface area contributed by atoms with Gasteiger partial charge in [-0.3, -0.25) is 14.5 Å². The Morgan fingerprint density at radius 1 is 1.00 bits per heavy atom. The molecular weight excluding hydrogens is 230 g/mol. The monoisotopic (exact) mass is 251 g/mol. The summed E-state index contributed by atoms with van der Waals surface area (Å²) in [6.45, 7) is 0.229. The summed E-state index contributed by atoms with van der Waals surface area (Å²) in [7, 11) is 0. The van der Waals surface area contributed by atoms with Crippen LogP contribution in [0, 0.1) is 5.41 Å². The molecule has 3 aliphatic rings. The third kappa shape index (κ3) is 1.78. The zero-order chi connectivity index (χ0) is 12.8. The number of carbonyl (C=O) groups is 2. The molecular formula is C14H21NO3. The average Bonchev–Trinajstić information content (AvgIpc) is 3.00. The highest BCUT2D eigenvalue weighted by Gasteiger charge is 2.54. The Morgan fingerprint density at radius 2 is 1.56 bits per heavy atom. The molecule has 2 amide bonds. The van der Waals surface area contributed by atoms with Gasteiger partial charge in [-0.25, -0.2) is 0 Å². The van der Waals surface area contributed by atoms with Crippen molar-refractivity contribution in [1.82, 2.24) is 4.90 Å². The molecule has 0 aromatic heterocycles. The Kier molecular flexibility index (Phi) is 2.73. The molecule has 0 atom stereocenters. The van der Waals surface area contributed by atoms with Gasteiger partial charge in [-0.15, -0.1) is 0 Å². The number of β-amino-alcohol motifs (C(OH)–C–C–N with tert-alkyl or cyclic N) is 1. The molecule has 2 aliphatic carbocycles. The van der Waals surface area contributed by atoms with Crippen LogP contribution in [0.5, 0.6) is 0 Å². The molecule has 1 spiro atoms. The second-order valence-electron chi connectivity index (χ2n) is 6.38. The minimum Gasteiger partial charge on any atom is -0.388 e. The first-order chi connectivity index (χ1) is 8.55. The summed E-state index contributed by atoms with van der Waals surface area (Å²) in [6, 6.07) is 0. The Bertz CT molecular complexity index is 379. The van der Waals surface area contributed by atoms with Gasteiger partial charge in [0.2, 0.25) is 11.8 Å². The second-order valence-corrected chi connectivity index (χ2v) is 6.38. The van der Waals surface area contributed by atoms with E-state index >= 15 is 0 Å². The highest BCUT2D eigenvalue weighted by atomic mass is 16.3. The van der Waals surface area contributed by atoms with Crippen molar-refractivity contribution in [3.8, 4) is 0 Å². The van der Waals surface area contributed by atoms with Gasteiger partial charge in [-0.2, -0.15) is 0 Å². The van der Waals surface area contributed by atoms with Gasteiger partial charge in [-0.1, -0.05) is 25.7 Å². The highest BCUT2D eigenvalue weighted by Crippen LogP contribution is 2.47. The molecule has 3 fully saturated rings. The molecule has 100 valence electrons. The zero-order valence-electron chi connectivity index (χ0n) is 10.8. The van der Waals surface area contributed by atoms with Crippen LogP contribution in [0.3, 0.4) is 0 Å². The van der Waals surface area contributed by atoms with E-state index in [1.165, 1.54) is 4.90 Å². The van der Waals surface area contributed by atoms with Gasteiger partial charge >= 0.3 is 0 Å². The Morgan fingerprint density at radius 3 is 2.17 bits per heavy atom. The molecule has 0 bridgehead atoms. The largest absolute Gasteiger partial charge is 0.388 e. The summed E-state index contributed by atoms with van der Waals surface area (Å²) in [5, 5.41) is 10.4. The van der Waals surface area contributed by atoms with Crippen molar-refractivity contribution in [1.29, 1.82) is 0 Å². The molecule has 1 heterocycles. The first kappa shape index (κ1) is 12.2. The first-order valence-electron chi connectivity index (χ1n) is 7.12. The van der Waals surface area contributed by atoms with E-state index in [2.05, 4.69) is 0 Å². The molecule has 0 radical (unpaired) electrons. The maximum Gasteiger partial charge on any atom is 0.236 e. The number of likely N-dealkylation sites (tertiary alicyclic amines) is 1. The highest BCUT2D eigenvalue weighted by molar-refractivity contribution is 6.06. The molecule has 3 rings (SSSR count). The van der Waals surface area contributed by atoms with E-state index < -0.39 is 11.0 Å². The van der Waals surface area contributed by atoms with Crippen LogP contribution in [0.4, 0.5) is 0 Å². The molecule has 1 N–H and O–H groups in total. The smallest absolute Gasteiger partial charge is 0.236 e. The van der Waals surface area contributed by atoms with Crippen molar-refractivity contribution >= 4 is 11.8 Å². The normalized spacial score (nSPS) is 29.7. The lowest BCUT2D eigenvalue weighted by atomic mass is 9.84. The third-order valence-corrected chi connectivity index (χ3v) is 5.04. The standard InChI is InChI=1S/C14H21NO3/c16-11-9-13(5-1-2-6-13)12(17)15(11)10-14(18)7-3-4-8-14/h18H,1-10H2. The van der Waals surface area contributed by atoms with Crippen LogP contribution in [0.2, 0.25) is 0 Å². The first-order valence-corrected chi connectivity index (χ1v) is 7.12. The molecule has 0 aromatic carbocycles. The lowest BCUT2D eigenvalue weighted by Gasteiger charge is -2.28. The molecule has 0 aromatic rings. The minimum atomic E-state index is -0.810. The number of imide groups is 1. The van der Waals surface area contributed by atoms with Crippen LogP contribution in [0.15, 0.2) is 0 Å². The van der Waals surface area contributed by atoms with E-state index in [4.69, 9.17) is 0 Å². The van der Waals surface area contributed by atoms with Crippen LogP contribution in [0.25, 0.3) is 0 Å². The predicted octanol–water partition coefficient (Wildman–Crippen LogP) is 1.61. The van der Waals surface area contributed by atoms with Crippen molar-refractivity contribution in [3.63, 3.8) is 0 Å². The van der Waals surface area contributed by atoms with Gasteiger partial charge in [-0.05, 0) is 25.7 Å². The van der Waals surface area contributed by atoms with Gasteiger partial charge in [0.15, 0.2) is 0 Å². The number of carbonyl (C=O) groups excluding carboxylic acids is 2. The van der Waals surface area contributed by atoms with E-state index in [-0.39, 0.29) is 18.4 Å². The Hall–Kier alpha value is -0.900. The lowest BCUT2D eigenvalue weighted by Crippen LogP contribution is -2.45. The van der Waals surface area contributed by atoms with E-state index in [9.17, 15) is 14.7 Å². The van der Waals surface area contributed by atoms with Gasteiger partial charge in [0.1, 0.15) is 0 Å². The number of aliphatic hydroxyl groups is 1.